The van der Waals surface area contributed by atoms with E-state index >= 15 is 0 Å². The van der Waals surface area contributed by atoms with Crippen molar-refractivity contribution in [1.82, 2.24) is 15.1 Å². The predicted molar refractivity (Wildman–Crippen MR) is 100 cm³/mol. The van der Waals surface area contributed by atoms with Gasteiger partial charge in [-0.2, -0.15) is 0 Å². The van der Waals surface area contributed by atoms with E-state index in [9.17, 15) is 4.79 Å². The molecule has 3 heterocycles. The summed E-state index contributed by atoms with van der Waals surface area (Å²) in [6.07, 6.45) is 13.6. The maximum Gasteiger partial charge on any atom is 0.222 e. The minimum absolute atomic E-state index is 0.149. The third-order valence-corrected chi connectivity index (χ3v) is 7.46. The van der Waals surface area contributed by atoms with Crippen LogP contribution >= 0.6 is 0 Å². The molecule has 0 radical (unpaired) electrons. The summed E-state index contributed by atoms with van der Waals surface area (Å²) in [6, 6.07) is 1.16. The molecule has 3 N–H and O–H groups in total. The van der Waals surface area contributed by atoms with Crippen LogP contribution in [0.15, 0.2) is 0 Å². The zero-order chi connectivity index (χ0) is 17.3. The Morgan fingerprint density at radius 3 is 2.48 bits per heavy atom. The summed E-state index contributed by atoms with van der Waals surface area (Å²) in [6.45, 7) is 4.06. The van der Waals surface area contributed by atoms with E-state index in [-0.39, 0.29) is 11.6 Å². The molecule has 1 aliphatic carbocycles. The first-order valence-electron chi connectivity index (χ1n) is 10.7. The zero-order valence-electron chi connectivity index (χ0n) is 15.7. The number of nitrogens with zero attached hydrogens (tertiary/aromatic N) is 2. The molecule has 3 aliphatic heterocycles. The molecule has 5 heteroatoms. The van der Waals surface area contributed by atoms with Gasteiger partial charge in [0.15, 0.2) is 0 Å². The standard InChI is InChI=1S/C20H36N4O/c21-19-17(23-13-14-24-16(15-23)7-8-18(24)25)9-12-22-20(19)10-5-3-1-2-4-6-11-20/h16-17,19,22H,1-15,21H2/t16-,17?,19?/m0/s1. The van der Waals surface area contributed by atoms with Gasteiger partial charge < -0.3 is 16.0 Å². The van der Waals surface area contributed by atoms with Crippen molar-refractivity contribution in [2.75, 3.05) is 26.2 Å². The van der Waals surface area contributed by atoms with Crippen LogP contribution in [0.5, 0.6) is 0 Å². The van der Waals surface area contributed by atoms with E-state index in [1.807, 2.05) is 0 Å². The highest BCUT2D eigenvalue weighted by Gasteiger charge is 2.46. The minimum Gasteiger partial charge on any atom is -0.337 e. The van der Waals surface area contributed by atoms with E-state index in [1.54, 1.807) is 0 Å². The van der Waals surface area contributed by atoms with Crippen LogP contribution in [0.25, 0.3) is 0 Å². The molecule has 3 atom stereocenters. The van der Waals surface area contributed by atoms with Crippen molar-refractivity contribution < 1.29 is 4.79 Å². The summed E-state index contributed by atoms with van der Waals surface area (Å²) >= 11 is 0. The fourth-order valence-electron chi connectivity index (χ4n) is 5.96. The maximum absolute atomic E-state index is 12.0. The maximum atomic E-state index is 12.0. The Morgan fingerprint density at radius 1 is 1.00 bits per heavy atom. The highest BCUT2D eigenvalue weighted by molar-refractivity contribution is 5.78. The lowest BCUT2D eigenvalue weighted by Gasteiger charge is -2.53. The van der Waals surface area contributed by atoms with Gasteiger partial charge in [-0.05, 0) is 32.2 Å². The van der Waals surface area contributed by atoms with Crippen LogP contribution < -0.4 is 11.1 Å². The lowest BCUT2D eigenvalue weighted by molar-refractivity contribution is -0.131. The van der Waals surface area contributed by atoms with Crippen LogP contribution in [-0.4, -0.2) is 65.6 Å². The van der Waals surface area contributed by atoms with Crippen molar-refractivity contribution in [3.8, 4) is 0 Å². The Hall–Kier alpha value is -0.650. The quantitative estimate of drug-likeness (QED) is 0.759. The SMILES string of the molecule is NC1C(N2CCN3C(=O)CC[C@H]3C2)CCNC12CCCCCCCC2. The average Bonchev–Trinajstić information content (AvgIpc) is 3.04. The van der Waals surface area contributed by atoms with Gasteiger partial charge in [0, 0.05) is 49.7 Å². The van der Waals surface area contributed by atoms with Crippen LogP contribution in [0.3, 0.4) is 0 Å². The van der Waals surface area contributed by atoms with Crippen molar-refractivity contribution >= 4 is 5.91 Å². The highest BCUT2D eigenvalue weighted by Crippen LogP contribution is 2.35. The molecule has 1 saturated carbocycles. The van der Waals surface area contributed by atoms with Crippen LogP contribution in [-0.2, 0) is 4.79 Å². The number of nitrogens with two attached hydrogens (primary N) is 1. The molecule has 142 valence electrons. The van der Waals surface area contributed by atoms with Gasteiger partial charge in [0.25, 0.3) is 0 Å². The molecule has 2 unspecified atom stereocenters. The molecule has 0 aromatic rings. The Labute approximate surface area is 152 Å². The molecule has 0 aromatic carbocycles. The number of nitrogens with one attached hydrogen (secondary N) is 1. The number of amides is 1. The first-order valence-corrected chi connectivity index (χ1v) is 10.7. The second kappa shape index (κ2) is 7.53. The lowest BCUT2D eigenvalue weighted by atomic mass is 9.74. The van der Waals surface area contributed by atoms with Crippen molar-refractivity contribution in [2.45, 2.75) is 94.3 Å². The molecule has 4 aliphatic rings. The van der Waals surface area contributed by atoms with Gasteiger partial charge in [0.1, 0.15) is 0 Å². The molecular formula is C20H36N4O. The van der Waals surface area contributed by atoms with Gasteiger partial charge in [-0.25, -0.2) is 0 Å². The van der Waals surface area contributed by atoms with Gasteiger partial charge >= 0.3 is 0 Å². The molecule has 0 bridgehead atoms. The van der Waals surface area contributed by atoms with E-state index in [4.69, 9.17) is 5.73 Å². The van der Waals surface area contributed by atoms with Crippen molar-refractivity contribution in [3.05, 3.63) is 0 Å². The highest BCUT2D eigenvalue weighted by atomic mass is 16.2. The molecule has 1 amide bonds. The lowest BCUT2D eigenvalue weighted by Crippen LogP contribution is -2.71. The van der Waals surface area contributed by atoms with Gasteiger partial charge in [0.05, 0.1) is 0 Å². The zero-order valence-corrected chi connectivity index (χ0v) is 15.7. The summed E-state index contributed by atoms with van der Waals surface area (Å²) in [5, 5.41) is 3.89. The fraction of sp³-hybridized carbons (Fsp3) is 0.950. The largest absolute Gasteiger partial charge is 0.337 e. The predicted octanol–water partition coefficient (Wildman–Crippen LogP) is 1.86. The van der Waals surface area contributed by atoms with E-state index in [0.717, 1.165) is 45.4 Å². The smallest absolute Gasteiger partial charge is 0.222 e. The number of fused-ring (bicyclic) bond motifs is 1. The number of carbonyl (C=O) groups is 1. The van der Waals surface area contributed by atoms with E-state index in [0.29, 0.717) is 18.0 Å². The van der Waals surface area contributed by atoms with Gasteiger partial charge in [-0.3, -0.25) is 9.69 Å². The monoisotopic (exact) mass is 348 g/mol. The van der Waals surface area contributed by atoms with Gasteiger partial charge in [-0.15, -0.1) is 0 Å². The third-order valence-electron chi connectivity index (χ3n) is 7.46. The summed E-state index contributed by atoms with van der Waals surface area (Å²) in [4.78, 5) is 16.7. The molecule has 4 rings (SSSR count). The van der Waals surface area contributed by atoms with Crippen molar-refractivity contribution in [1.29, 1.82) is 0 Å². The van der Waals surface area contributed by atoms with E-state index < -0.39 is 0 Å². The first kappa shape index (κ1) is 17.7. The average molecular weight is 349 g/mol. The molecule has 0 aromatic heterocycles. The van der Waals surface area contributed by atoms with E-state index in [2.05, 4.69) is 15.1 Å². The number of rotatable bonds is 1. The number of hydrogen-bond acceptors (Lipinski definition) is 4. The number of hydrogen-bond donors (Lipinski definition) is 2. The van der Waals surface area contributed by atoms with Crippen LogP contribution in [0.1, 0.15) is 70.6 Å². The van der Waals surface area contributed by atoms with Crippen LogP contribution in [0, 0.1) is 0 Å². The molecule has 4 fully saturated rings. The van der Waals surface area contributed by atoms with E-state index in [1.165, 1.54) is 51.4 Å². The number of piperidine rings is 1. The first-order chi connectivity index (χ1) is 12.2. The van der Waals surface area contributed by atoms with Gasteiger partial charge in [0.2, 0.25) is 5.91 Å². The van der Waals surface area contributed by atoms with Crippen molar-refractivity contribution in [2.24, 2.45) is 5.73 Å². The van der Waals surface area contributed by atoms with Crippen LogP contribution in [0.4, 0.5) is 0 Å². The molecule has 5 nitrogen and oxygen atoms in total. The van der Waals surface area contributed by atoms with Gasteiger partial charge in [-0.1, -0.05) is 38.5 Å². The Morgan fingerprint density at radius 2 is 1.72 bits per heavy atom. The molecule has 3 saturated heterocycles. The Bertz CT molecular complexity index is 472. The van der Waals surface area contributed by atoms with Crippen LogP contribution in [0.2, 0.25) is 0 Å². The fourth-order valence-corrected chi connectivity index (χ4v) is 5.96. The third kappa shape index (κ3) is 3.47. The van der Waals surface area contributed by atoms with Crippen molar-refractivity contribution in [3.63, 3.8) is 0 Å². The summed E-state index contributed by atoms with van der Waals surface area (Å²) < 4.78 is 0. The topological polar surface area (TPSA) is 61.6 Å². The summed E-state index contributed by atoms with van der Waals surface area (Å²) in [7, 11) is 0. The molecule has 1 spiro atoms. The Kier molecular flexibility index (Phi) is 5.35. The normalized spacial score (nSPS) is 37.4. The second-order valence-corrected chi connectivity index (χ2v) is 8.86. The molecular weight excluding hydrogens is 312 g/mol. The minimum atomic E-state index is 0.149. The summed E-state index contributed by atoms with van der Waals surface area (Å²) in [5.41, 5.74) is 7.12. The second-order valence-electron chi connectivity index (χ2n) is 8.86. The molecule has 25 heavy (non-hydrogen) atoms. The Balaban J connectivity index is 1.45. The number of piperazine rings is 1. The number of carbonyl (C=O) groups excluding carboxylic acids is 1. The summed E-state index contributed by atoms with van der Waals surface area (Å²) in [5.74, 6) is 0.368.